The number of aromatic nitrogens is 3. The Balaban J connectivity index is 1.37. The van der Waals surface area contributed by atoms with Crippen LogP contribution in [-0.2, 0) is 11.0 Å². The van der Waals surface area contributed by atoms with Crippen molar-refractivity contribution in [2.24, 2.45) is 0 Å². The van der Waals surface area contributed by atoms with Crippen molar-refractivity contribution in [2.45, 2.75) is 25.4 Å². The van der Waals surface area contributed by atoms with Crippen LogP contribution in [0.2, 0.25) is 0 Å². The smallest absolute Gasteiger partial charge is 0.382 e. The predicted molar refractivity (Wildman–Crippen MR) is 136 cm³/mol. The van der Waals surface area contributed by atoms with Crippen LogP contribution in [0, 0.1) is 5.82 Å². The standard InChI is InChI=1S/C26H23F4N7O2/c1-14(38)36-9-8-16(12-36)22-11-19(23-24(31)32-13-33-37(22)23)15-2-5-18(6-3-15)34-25(39)35-21-10-17(26(28,29)30)4-7-20(21)27/h2-7,10-11,13,16H,8-9,12H2,1H3,(H2,31,32,33)(H2,34,35,39). The van der Waals surface area contributed by atoms with Gasteiger partial charge in [0.2, 0.25) is 5.91 Å². The van der Waals surface area contributed by atoms with Crippen LogP contribution in [0.3, 0.4) is 0 Å². The summed E-state index contributed by atoms with van der Waals surface area (Å²) in [5.74, 6) is -0.656. The molecule has 0 radical (unpaired) electrons. The van der Waals surface area contributed by atoms with E-state index in [4.69, 9.17) is 5.73 Å². The van der Waals surface area contributed by atoms with Gasteiger partial charge < -0.3 is 21.3 Å². The van der Waals surface area contributed by atoms with E-state index in [2.05, 4.69) is 20.7 Å². The highest BCUT2D eigenvalue weighted by atomic mass is 19.4. The number of nitrogens with zero attached hydrogens (tertiary/aromatic N) is 4. The van der Waals surface area contributed by atoms with Gasteiger partial charge in [0.1, 0.15) is 17.7 Å². The van der Waals surface area contributed by atoms with Gasteiger partial charge in [-0.05, 0) is 48.4 Å². The third kappa shape index (κ3) is 5.19. The number of alkyl halides is 3. The van der Waals surface area contributed by atoms with Gasteiger partial charge in [-0.3, -0.25) is 4.79 Å². The number of fused-ring (bicyclic) bond motifs is 1. The first kappa shape index (κ1) is 25.9. The van der Waals surface area contributed by atoms with Crippen LogP contribution in [0.5, 0.6) is 0 Å². The summed E-state index contributed by atoms with van der Waals surface area (Å²) in [6.45, 7) is 2.75. The van der Waals surface area contributed by atoms with E-state index in [1.54, 1.807) is 33.7 Å². The fourth-order valence-corrected chi connectivity index (χ4v) is 4.71. The number of anilines is 3. The van der Waals surface area contributed by atoms with Crippen LogP contribution < -0.4 is 16.4 Å². The molecule has 202 valence electrons. The Bertz CT molecular complexity index is 1570. The number of carbonyl (C=O) groups is 2. The maximum absolute atomic E-state index is 14.0. The van der Waals surface area contributed by atoms with E-state index in [0.29, 0.717) is 42.5 Å². The molecule has 1 aliphatic rings. The fourth-order valence-electron chi connectivity index (χ4n) is 4.71. The first-order valence-corrected chi connectivity index (χ1v) is 11.9. The molecule has 2 aromatic heterocycles. The van der Waals surface area contributed by atoms with E-state index in [1.165, 1.54) is 13.3 Å². The van der Waals surface area contributed by atoms with Gasteiger partial charge in [-0.1, -0.05) is 12.1 Å². The molecule has 4 N–H and O–H groups in total. The highest BCUT2D eigenvalue weighted by Crippen LogP contribution is 2.37. The van der Waals surface area contributed by atoms with Crippen molar-refractivity contribution < 1.29 is 27.2 Å². The number of urea groups is 1. The van der Waals surface area contributed by atoms with Crippen molar-refractivity contribution in [1.82, 2.24) is 19.5 Å². The summed E-state index contributed by atoms with van der Waals surface area (Å²) in [4.78, 5) is 30.1. The summed E-state index contributed by atoms with van der Waals surface area (Å²) >= 11 is 0. The second-order valence-electron chi connectivity index (χ2n) is 9.19. The molecule has 2 aromatic carbocycles. The molecule has 0 spiro atoms. The lowest BCUT2D eigenvalue weighted by Crippen LogP contribution is -2.25. The molecule has 1 unspecified atom stereocenters. The first-order valence-electron chi connectivity index (χ1n) is 11.9. The molecule has 3 amide bonds. The number of hydrogen-bond donors (Lipinski definition) is 3. The molecule has 1 aliphatic heterocycles. The molecule has 39 heavy (non-hydrogen) atoms. The Morgan fingerprint density at radius 1 is 1.08 bits per heavy atom. The number of benzene rings is 2. The molecule has 13 heteroatoms. The fraction of sp³-hybridized carbons (Fsp3) is 0.231. The van der Waals surface area contributed by atoms with E-state index in [-0.39, 0.29) is 17.6 Å². The van der Waals surface area contributed by atoms with Crippen molar-refractivity contribution in [3.05, 3.63) is 71.9 Å². The van der Waals surface area contributed by atoms with Gasteiger partial charge in [-0.2, -0.15) is 18.3 Å². The summed E-state index contributed by atoms with van der Waals surface area (Å²) < 4.78 is 54.5. The molecule has 1 fully saturated rings. The van der Waals surface area contributed by atoms with E-state index < -0.39 is 29.3 Å². The van der Waals surface area contributed by atoms with Crippen LogP contribution in [0.15, 0.2) is 54.9 Å². The number of halogens is 4. The quantitative estimate of drug-likeness (QED) is 0.310. The molecule has 5 rings (SSSR count). The molecule has 0 aliphatic carbocycles. The molecular weight excluding hydrogens is 518 g/mol. The Hall–Kier alpha value is -4.68. The van der Waals surface area contributed by atoms with Crippen LogP contribution in [-0.4, -0.2) is 44.5 Å². The van der Waals surface area contributed by atoms with E-state index >= 15 is 0 Å². The molecule has 1 atom stereocenters. The molecule has 0 saturated carbocycles. The number of nitrogen functional groups attached to an aromatic ring is 1. The lowest BCUT2D eigenvalue weighted by Gasteiger charge is -2.13. The second kappa shape index (κ2) is 9.89. The minimum atomic E-state index is -4.68. The Kier molecular flexibility index (Phi) is 6.58. The monoisotopic (exact) mass is 541 g/mol. The van der Waals surface area contributed by atoms with Crippen LogP contribution in [0.4, 0.5) is 39.5 Å². The summed E-state index contributed by atoms with van der Waals surface area (Å²) in [6.07, 6.45) is -2.54. The first-order chi connectivity index (χ1) is 18.5. The zero-order valence-electron chi connectivity index (χ0n) is 20.6. The zero-order chi connectivity index (χ0) is 27.9. The Morgan fingerprint density at radius 3 is 2.49 bits per heavy atom. The third-order valence-electron chi connectivity index (χ3n) is 6.66. The second-order valence-corrected chi connectivity index (χ2v) is 9.19. The Morgan fingerprint density at radius 2 is 1.82 bits per heavy atom. The third-order valence-corrected chi connectivity index (χ3v) is 6.66. The minimum absolute atomic E-state index is 0.00986. The maximum atomic E-state index is 14.0. The van der Waals surface area contributed by atoms with Crippen LogP contribution in [0.1, 0.15) is 30.5 Å². The number of rotatable bonds is 4. The topological polar surface area (TPSA) is 118 Å². The van der Waals surface area contributed by atoms with E-state index in [1.807, 2.05) is 6.07 Å². The number of carbonyl (C=O) groups excluding carboxylic acids is 2. The van der Waals surface area contributed by atoms with Gasteiger partial charge in [-0.15, -0.1) is 0 Å². The number of amides is 3. The zero-order valence-corrected chi connectivity index (χ0v) is 20.6. The molecular formula is C26H23F4N7O2. The van der Waals surface area contributed by atoms with Crippen molar-refractivity contribution in [1.29, 1.82) is 0 Å². The Labute approximate surface area is 219 Å². The van der Waals surface area contributed by atoms with Gasteiger partial charge in [0.05, 0.1) is 11.3 Å². The average Bonchev–Trinajstić information content (AvgIpc) is 3.51. The summed E-state index contributed by atoms with van der Waals surface area (Å²) in [7, 11) is 0. The summed E-state index contributed by atoms with van der Waals surface area (Å²) in [5, 5.41) is 8.97. The molecule has 3 heterocycles. The summed E-state index contributed by atoms with van der Waals surface area (Å²) in [6, 6.07) is 9.44. The van der Waals surface area contributed by atoms with Gasteiger partial charge in [0, 0.05) is 42.9 Å². The number of likely N-dealkylation sites (tertiary alicyclic amines) is 1. The number of nitrogens with one attached hydrogen (secondary N) is 2. The maximum Gasteiger partial charge on any atom is 0.416 e. The minimum Gasteiger partial charge on any atom is -0.382 e. The van der Waals surface area contributed by atoms with Crippen molar-refractivity contribution in [3.63, 3.8) is 0 Å². The number of hydrogen-bond acceptors (Lipinski definition) is 5. The van der Waals surface area contributed by atoms with Gasteiger partial charge in [0.25, 0.3) is 0 Å². The SMILES string of the molecule is CC(=O)N1CCC(c2cc(-c3ccc(NC(=O)Nc4cc(C(F)(F)F)ccc4F)cc3)c3c(N)ncnn23)C1. The van der Waals surface area contributed by atoms with Crippen molar-refractivity contribution in [3.8, 4) is 11.1 Å². The normalized spacial score (nSPS) is 15.5. The highest BCUT2D eigenvalue weighted by Gasteiger charge is 2.32. The van der Waals surface area contributed by atoms with Gasteiger partial charge >= 0.3 is 12.2 Å². The van der Waals surface area contributed by atoms with Crippen LogP contribution in [0.25, 0.3) is 16.6 Å². The lowest BCUT2D eigenvalue weighted by atomic mass is 10.0. The van der Waals surface area contributed by atoms with Gasteiger partial charge in [0.15, 0.2) is 5.82 Å². The largest absolute Gasteiger partial charge is 0.416 e. The van der Waals surface area contributed by atoms with E-state index in [0.717, 1.165) is 23.2 Å². The summed E-state index contributed by atoms with van der Waals surface area (Å²) in [5.41, 5.74) is 7.83. The number of nitrogens with two attached hydrogens (primary N) is 1. The molecule has 4 aromatic rings. The van der Waals surface area contributed by atoms with Crippen molar-refractivity contribution in [2.75, 3.05) is 29.5 Å². The van der Waals surface area contributed by atoms with Crippen molar-refractivity contribution >= 4 is 34.6 Å². The predicted octanol–water partition coefficient (Wildman–Crippen LogP) is 5.12. The van der Waals surface area contributed by atoms with Crippen LogP contribution >= 0.6 is 0 Å². The highest BCUT2D eigenvalue weighted by molar-refractivity contribution is 6.00. The van der Waals surface area contributed by atoms with E-state index in [9.17, 15) is 27.2 Å². The lowest BCUT2D eigenvalue weighted by molar-refractivity contribution is -0.137. The molecule has 0 bridgehead atoms. The molecule has 9 nitrogen and oxygen atoms in total. The average molecular weight is 542 g/mol. The molecule has 1 saturated heterocycles. The van der Waals surface area contributed by atoms with Gasteiger partial charge in [-0.25, -0.2) is 18.7 Å².